The molecule has 174 valence electrons. The highest BCUT2D eigenvalue weighted by atomic mass is 127. The molecule has 7 heteroatoms. The van der Waals surface area contributed by atoms with Gasteiger partial charge in [0.1, 0.15) is 0 Å². The molecule has 33 heavy (non-hydrogen) atoms. The van der Waals surface area contributed by atoms with Crippen LogP contribution in [0.25, 0.3) is 21.9 Å². The third-order valence-electron chi connectivity index (χ3n) is 5.37. The first-order valence-electron chi connectivity index (χ1n) is 10.9. The average molecular weight is 575 g/mol. The Bertz CT molecular complexity index is 1130. The zero-order valence-corrected chi connectivity index (χ0v) is 21.7. The molecule has 5 nitrogen and oxygen atoms in total. The van der Waals surface area contributed by atoms with Crippen molar-refractivity contribution in [2.24, 2.45) is 5.92 Å². The molecule has 0 fully saturated rings. The quantitative estimate of drug-likeness (QED) is 0.188. The molecule has 0 bridgehead atoms. The van der Waals surface area contributed by atoms with Crippen LogP contribution >= 0.6 is 35.2 Å². The number of aliphatic carboxylic acids is 1. The molecule has 0 aromatic heterocycles. The Morgan fingerprint density at radius 3 is 2.45 bits per heavy atom. The Hall–Kier alpha value is -2.26. The maximum absolute atomic E-state index is 13.3. The van der Waals surface area contributed by atoms with Gasteiger partial charge in [-0.05, 0) is 52.4 Å². The molecule has 0 unspecified atom stereocenters. The Balaban J connectivity index is 2.05. The van der Waals surface area contributed by atoms with Crippen LogP contribution in [0, 0.1) is 5.92 Å². The highest BCUT2D eigenvalue weighted by Crippen LogP contribution is 2.33. The van der Waals surface area contributed by atoms with E-state index in [1.54, 1.807) is 6.07 Å². The molecule has 2 atom stereocenters. The molecule has 2 N–H and O–H groups in total. The van der Waals surface area contributed by atoms with Crippen molar-refractivity contribution < 1.29 is 14.7 Å². The number of carboxylic acid groups (broad SMARTS) is 1. The fourth-order valence-electron chi connectivity index (χ4n) is 3.75. The Kier molecular flexibility index (Phi) is 9.02. The van der Waals surface area contributed by atoms with E-state index in [1.165, 1.54) is 0 Å². The zero-order valence-electron chi connectivity index (χ0n) is 18.7. The summed E-state index contributed by atoms with van der Waals surface area (Å²) in [5, 5.41) is 19.8. The van der Waals surface area contributed by atoms with Crippen molar-refractivity contribution in [3.8, 4) is 11.1 Å². The number of fused-ring (bicyclic) bond motifs is 1. The number of carboxylic acids is 1. The Labute approximate surface area is 213 Å². The fourth-order valence-corrected chi connectivity index (χ4v) is 4.10. The van der Waals surface area contributed by atoms with Crippen LogP contribution in [0.2, 0.25) is 0 Å². The SMILES string of the molecule is CC(C)C[C@H](NC(=O)c1ccc(NC[C@@H](I)CS)cc1-c1cccc2ccccc12)C(=O)[O-]. The molecule has 0 saturated heterocycles. The first kappa shape index (κ1) is 25.4. The standard InChI is InChI=1S/C26H29IN2O3S/c1-16(2)12-24(26(31)32)29-25(30)22-11-10-19(28-14-18(27)15-33)13-23(22)21-9-5-7-17-6-3-4-8-20(17)21/h3-11,13,16,18,24,28,33H,12,14-15H2,1-2H3,(H,29,30)(H,31,32)/p-1/t18-,24+/m1/s1. The molecule has 0 aliphatic carbocycles. The topological polar surface area (TPSA) is 81.3 Å². The monoisotopic (exact) mass is 575 g/mol. The van der Waals surface area contributed by atoms with Gasteiger partial charge in [0.2, 0.25) is 0 Å². The van der Waals surface area contributed by atoms with E-state index in [4.69, 9.17) is 0 Å². The second-order valence-corrected chi connectivity index (χ2v) is 10.5. The van der Waals surface area contributed by atoms with Crippen molar-refractivity contribution in [1.29, 1.82) is 0 Å². The summed E-state index contributed by atoms with van der Waals surface area (Å²) in [5.74, 6) is -0.848. The number of hydrogen-bond donors (Lipinski definition) is 3. The molecular weight excluding hydrogens is 547 g/mol. The lowest BCUT2D eigenvalue weighted by molar-refractivity contribution is -0.308. The minimum Gasteiger partial charge on any atom is -0.548 e. The average Bonchev–Trinajstić information content (AvgIpc) is 2.81. The molecule has 3 aromatic rings. The van der Waals surface area contributed by atoms with Crippen LogP contribution in [-0.4, -0.2) is 34.1 Å². The van der Waals surface area contributed by atoms with E-state index in [0.29, 0.717) is 15.9 Å². The second kappa shape index (κ2) is 11.7. The van der Waals surface area contributed by atoms with E-state index < -0.39 is 17.9 Å². The highest BCUT2D eigenvalue weighted by Gasteiger charge is 2.20. The van der Waals surface area contributed by atoms with Gasteiger partial charge >= 0.3 is 0 Å². The van der Waals surface area contributed by atoms with Crippen LogP contribution in [-0.2, 0) is 4.79 Å². The first-order chi connectivity index (χ1) is 15.8. The Morgan fingerprint density at radius 2 is 1.76 bits per heavy atom. The maximum atomic E-state index is 13.3. The van der Waals surface area contributed by atoms with E-state index in [2.05, 4.69) is 45.9 Å². The number of thiol groups is 1. The van der Waals surface area contributed by atoms with E-state index >= 15 is 0 Å². The van der Waals surface area contributed by atoms with E-state index in [-0.39, 0.29) is 5.92 Å². The minimum atomic E-state index is -1.28. The van der Waals surface area contributed by atoms with Crippen LogP contribution in [0.5, 0.6) is 0 Å². The van der Waals surface area contributed by atoms with Gasteiger partial charge in [0.05, 0.1) is 12.0 Å². The normalized spacial score (nSPS) is 13.0. The van der Waals surface area contributed by atoms with Gasteiger partial charge < -0.3 is 20.5 Å². The third-order valence-corrected chi connectivity index (χ3v) is 7.39. The summed E-state index contributed by atoms with van der Waals surface area (Å²) < 4.78 is 0.356. The number of rotatable bonds is 10. The molecule has 0 aliphatic rings. The highest BCUT2D eigenvalue weighted by molar-refractivity contribution is 14.1. The summed E-state index contributed by atoms with van der Waals surface area (Å²) in [6.45, 7) is 4.57. The van der Waals surface area contributed by atoms with Gasteiger partial charge in [-0.25, -0.2) is 0 Å². The summed E-state index contributed by atoms with van der Waals surface area (Å²) >= 11 is 6.69. The van der Waals surface area contributed by atoms with E-state index in [1.807, 2.05) is 68.4 Å². The molecule has 0 radical (unpaired) electrons. The fraction of sp³-hybridized carbons (Fsp3) is 0.308. The van der Waals surface area contributed by atoms with Gasteiger partial charge in [0.25, 0.3) is 5.91 Å². The number of nitrogens with one attached hydrogen (secondary N) is 2. The van der Waals surface area contributed by atoms with Crippen LogP contribution < -0.4 is 15.7 Å². The maximum Gasteiger partial charge on any atom is 0.252 e. The number of hydrogen-bond acceptors (Lipinski definition) is 5. The summed E-state index contributed by atoms with van der Waals surface area (Å²) in [4.78, 5) is 24.9. The van der Waals surface area contributed by atoms with Crippen molar-refractivity contribution in [2.45, 2.75) is 30.2 Å². The van der Waals surface area contributed by atoms with Crippen LogP contribution in [0.1, 0.15) is 30.6 Å². The third kappa shape index (κ3) is 6.63. The van der Waals surface area contributed by atoms with Gasteiger partial charge in [-0.1, -0.05) is 78.9 Å². The molecule has 3 rings (SSSR count). The molecule has 3 aromatic carbocycles. The number of halogens is 1. The number of carbonyl (C=O) groups is 2. The van der Waals surface area contributed by atoms with Gasteiger partial charge in [0, 0.05) is 27.5 Å². The van der Waals surface area contributed by atoms with Gasteiger partial charge in [-0.2, -0.15) is 12.6 Å². The number of carbonyl (C=O) groups excluding carboxylic acids is 2. The molecule has 0 spiro atoms. The van der Waals surface area contributed by atoms with Gasteiger partial charge in [-0.3, -0.25) is 4.79 Å². The van der Waals surface area contributed by atoms with Crippen molar-refractivity contribution in [2.75, 3.05) is 17.6 Å². The number of alkyl halides is 1. The largest absolute Gasteiger partial charge is 0.548 e. The van der Waals surface area contributed by atoms with E-state index in [0.717, 1.165) is 39.9 Å². The Morgan fingerprint density at radius 1 is 1.03 bits per heavy atom. The molecule has 0 heterocycles. The van der Waals surface area contributed by atoms with Crippen molar-refractivity contribution in [3.05, 3.63) is 66.2 Å². The number of anilines is 1. The number of amides is 1. The smallest absolute Gasteiger partial charge is 0.252 e. The summed E-state index contributed by atoms with van der Waals surface area (Å²) in [5.41, 5.74) is 2.96. The van der Waals surface area contributed by atoms with E-state index in [9.17, 15) is 14.7 Å². The lowest BCUT2D eigenvalue weighted by Crippen LogP contribution is -2.48. The molecule has 0 aliphatic heterocycles. The van der Waals surface area contributed by atoms with Crippen molar-refractivity contribution in [3.63, 3.8) is 0 Å². The first-order valence-corrected chi connectivity index (χ1v) is 12.8. The predicted octanol–water partition coefficient (Wildman–Crippen LogP) is 4.55. The van der Waals surface area contributed by atoms with Crippen molar-refractivity contribution >= 4 is 63.6 Å². The molecule has 0 saturated carbocycles. The molecular formula is C26H28IN2O3S-. The van der Waals surface area contributed by atoms with Crippen LogP contribution in [0.15, 0.2) is 60.7 Å². The van der Waals surface area contributed by atoms with Crippen LogP contribution in [0.3, 0.4) is 0 Å². The summed E-state index contributed by atoms with van der Waals surface area (Å²) in [6.07, 6.45) is 0.304. The lowest BCUT2D eigenvalue weighted by Gasteiger charge is -2.23. The molecule has 1 amide bonds. The summed E-state index contributed by atoms with van der Waals surface area (Å²) in [6, 6.07) is 18.5. The second-order valence-electron chi connectivity index (χ2n) is 8.42. The van der Waals surface area contributed by atoms with Crippen molar-refractivity contribution in [1.82, 2.24) is 5.32 Å². The van der Waals surface area contributed by atoms with Crippen LogP contribution in [0.4, 0.5) is 5.69 Å². The summed E-state index contributed by atoms with van der Waals surface area (Å²) in [7, 11) is 0. The number of benzene rings is 3. The zero-order chi connectivity index (χ0) is 24.0. The minimum absolute atomic E-state index is 0.102. The van der Waals surface area contributed by atoms with Gasteiger partial charge in [0.15, 0.2) is 0 Å². The van der Waals surface area contributed by atoms with Gasteiger partial charge in [-0.15, -0.1) is 0 Å². The lowest BCUT2D eigenvalue weighted by atomic mass is 9.93. The predicted molar refractivity (Wildman–Crippen MR) is 145 cm³/mol.